The highest BCUT2D eigenvalue weighted by Gasteiger charge is 2.25. The van der Waals surface area contributed by atoms with E-state index in [0.29, 0.717) is 0 Å². The molecule has 2 rings (SSSR count). The van der Waals surface area contributed by atoms with Crippen molar-refractivity contribution in [3.8, 4) is 0 Å². The van der Waals surface area contributed by atoms with E-state index in [1.54, 1.807) is 23.5 Å². The van der Waals surface area contributed by atoms with E-state index in [-0.39, 0.29) is 16.6 Å². The SMILES string of the molecule is O=C(NOC1CCOCC1)C1SCCS1. The molecule has 0 aromatic carbocycles. The Morgan fingerprint density at radius 1 is 1.27 bits per heavy atom. The van der Waals surface area contributed by atoms with E-state index in [1.807, 2.05) is 0 Å². The van der Waals surface area contributed by atoms with E-state index in [0.717, 1.165) is 37.6 Å². The van der Waals surface area contributed by atoms with Crippen LogP contribution < -0.4 is 5.48 Å². The summed E-state index contributed by atoms with van der Waals surface area (Å²) in [5, 5.41) is 0. The highest BCUT2D eigenvalue weighted by Crippen LogP contribution is 2.31. The van der Waals surface area contributed by atoms with Gasteiger partial charge in [0.25, 0.3) is 5.91 Å². The third kappa shape index (κ3) is 3.55. The lowest BCUT2D eigenvalue weighted by Gasteiger charge is -2.22. The van der Waals surface area contributed by atoms with Gasteiger partial charge in [-0.15, -0.1) is 23.5 Å². The van der Waals surface area contributed by atoms with Crippen LogP contribution in [0.2, 0.25) is 0 Å². The van der Waals surface area contributed by atoms with Gasteiger partial charge in [0.05, 0.1) is 6.10 Å². The molecule has 0 saturated carbocycles. The quantitative estimate of drug-likeness (QED) is 0.757. The molecule has 6 heteroatoms. The Hall–Kier alpha value is 0.0900. The first-order valence-electron chi connectivity index (χ1n) is 5.13. The highest BCUT2D eigenvalue weighted by atomic mass is 32.2. The van der Waals surface area contributed by atoms with Crippen LogP contribution in [0.4, 0.5) is 0 Å². The second kappa shape index (κ2) is 5.98. The second-order valence-electron chi connectivity index (χ2n) is 3.47. The molecule has 1 amide bonds. The van der Waals surface area contributed by atoms with Gasteiger partial charge in [0.1, 0.15) is 4.58 Å². The van der Waals surface area contributed by atoms with Crippen LogP contribution in [0.15, 0.2) is 0 Å². The van der Waals surface area contributed by atoms with Crippen molar-refractivity contribution in [1.82, 2.24) is 5.48 Å². The van der Waals surface area contributed by atoms with Crippen LogP contribution in [-0.4, -0.2) is 41.3 Å². The molecule has 2 aliphatic rings. The normalized spacial score (nSPS) is 24.3. The van der Waals surface area contributed by atoms with Gasteiger partial charge in [-0.25, -0.2) is 5.48 Å². The third-order valence-electron chi connectivity index (χ3n) is 2.33. The van der Waals surface area contributed by atoms with Crippen LogP contribution in [-0.2, 0) is 14.4 Å². The average Bonchev–Trinajstić information content (AvgIpc) is 2.81. The number of hydrogen-bond acceptors (Lipinski definition) is 5. The van der Waals surface area contributed by atoms with Gasteiger partial charge in [-0.3, -0.25) is 9.63 Å². The van der Waals surface area contributed by atoms with Gasteiger partial charge < -0.3 is 4.74 Å². The maximum absolute atomic E-state index is 11.6. The molecule has 0 atom stereocenters. The van der Waals surface area contributed by atoms with Crippen molar-refractivity contribution in [2.75, 3.05) is 24.7 Å². The van der Waals surface area contributed by atoms with Crippen LogP contribution in [0.3, 0.4) is 0 Å². The third-order valence-corrected chi connectivity index (χ3v) is 5.32. The number of rotatable bonds is 3. The summed E-state index contributed by atoms with van der Waals surface area (Å²) < 4.78 is 5.22. The maximum Gasteiger partial charge on any atom is 0.266 e. The zero-order valence-corrected chi connectivity index (χ0v) is 10.1. The molecule has 2 fully saturated rings. The molecular formula is C9H15NO3S2. The summed E-state index contributed by atoms with van der Waals surface area (Å²) in [6.45, 7) is 1.46. The van der Waals surface area contributed by atoms with Gasteiger partial charge in [-0.2, -0.15) is 0 Å². The van der Waals surface area contributed by atoms with Crippen LogP contribution in [0.1, 0.15) is 12.8 Å². The van der Waals surface area contributed by atoms with E-state index >= 15 is 0 Å². The smallest absolute Gasteiger partial charge is 0.266 e. The van der Waals surface area contributed by atoms with Gasteiger partial charge in [0.2, 0.25) is 0 Å². The topological polar surface area (TPSA) is 47.6 Å². The molecule has 2 aliphatic heterocycles. The molecule has 0 aromatic heterocycles. The van der Waals surface area contributed by atoms with E-state index in [9.17, 15) is 4.79 Å². The van der Waals surface area contributed by atoms with Crippen molar-refractivity contribution in [3.63, 3.8) is 0 Å². The Labute approximate surface area is 97.8 Å². The van der Waals surface area contributed by atoms with Crippen molar-refractivity contribution < 1.29 is 14.4 Å². The van der Waals surface area contributed by atoms with E-state index in [4.69, 9.17) is 9.57 Å². The summed E-state index contributed by atoms with van der Waals surface area (Å²) in [6.07, 6.45) is 1.86. The van der Waals surface area contributed by atoms with Crippen molar-refractivity contribution in [2.45, 2.75) is 23.5 Å². The van der Waals surface area contributed by atoms with Crippen molar-refractivity contribution in [2.24, 2.45) is 0 Å². The lowest BCUT2D eigenvalue weighted by molar-refractivity contribution is -0.141. The summed E-state index contributed by atoms with van der Waals surface area (Å²) in [4.78, 5) is 16.9. The number of carbonyl (C=O) groups excluding carboxylic acids is 1. The minimum atomic E-state index is -0.00556. The average molecular weight is 249 g/mol. The minimum Gasteiger partial charge on any atom is -0.381 e. The van der Waals surface area contributed by atoms with Gasteiger partial charge >= 0.3 is 0 Å². The molecule has 0 unspecified atom stereocenters. The summed E-state index contributed by atoms with van der Waals surface area (Å²) in [5.74, 6) is 2.11. The number of amides is 1. The standard InChI is InChI=1S/C9H15NO3S2/c11-8(9-14-5-6-15-9)10-13-7-1-3-12-4-2-7/h7,9H,1-6H2,(H,10,11). The molecule has 0 radical (unpaired) electrons. The van der Waals surface area contributed by atoms with Crippen LogP contribution in [0.25, 0.3) is 0 Å². The summed E-state index contributed by atoms with van der Waals surface area (Å²) in [7, 11) is 0. The van der Waals surface area contributed by atoms with Crippen LogP contribution in [0.5, 0.6) is 0 Å². The zero-order valence-electron chi connectivity index (χ0n) is 8.44. The first-order chi connectivity index (χ1) is 7.36. The summed E-state index contributed by atoms with van der Waals surface area (Å²) in [6, 6.07) is 0. The number of ether oxygens (including phenoxy) is 1. The van der Waals surface area contributed by atoms with Gasteiger partial charge in [-0.05, 0) is 12.8 Å². The highest BCUT2D eigenvalue weighted by molar-refractivity contribution is 8.21. The first-order valence-corrected chi connectivity index (χ1v) is 7.22. The molecule has 1 N–H and O–H groups in total. The zero-order chi connectivity index (χ0) is 10.5. The van der Waals surface area contributed by atoms with E-state index in [1.165, 1.54) is 0 Å². The Bertz CT molecular complexity index is 215. The monoisotopic (exact) mass is 249 g/mol. The molecular weight excluding hydrogens is 234 g/mol. The number of thioether (sulfide) groups is 2. The maximum atomic E-state index is 11.6. The summed E-state index contributed by atoms with van der Waals surface area (Å²) in [5.41, 5.74) is 2.56. The fourth-order valence-corrected chi connectivity index (χ4v) is 4.05. The van der Waals surface area contributed by atoms with E-state index in [2.05, 4.69) is 5.48 Å². The van der Waals surface area contributed by atoms with Crippen molar-refractivity contribution in [1.29, 1.82) is 0 Å². The van der Waals surface area contributed by atoms with E-state index < -0.39 is 0 Å². The fourth-order valence-electron chi connectivity index (χ4n) is 1.49. The Morgan fingerprint density at radius 3 is 2.60 bits per heavy atom. The number of hydroxylamine groups is 1. The second-order valence-corrected chi connectivity index (χ2v) is 6.19. The molecule has 15 heavy (non-hydrogen) atoms. The molecule has 0 bridgehead atoms. The number of hydrogen-bond donors (Lipinski definition) is 1. The Kier molecular flexibility index (Phi) is 4.61. The predicted octanol–water partition coefficient (Wildman–Crippen LogP) is 1.02. The molecule has 2 saturated heterocycles. The molecule has 86 valence electrons. The van der Waals surface area contributed by atoms with Gasteiger partial charge in [-0.1, -0.05) is 0 Å². The molecule has 2 heterocycles. The number of carbonyl (C=O) groups is 1. The van der Waals surface area contributed by atoms with Crippen LogP contribution >= 0.6 is 23.5 Å². The lowest BCUT2D eigenvalue weighted by atomic mass is 10.2. The van der Waals surface area contributed by atoms with Crippen molar-refractivity contribution in [3.05, 3.63) is 0 Å². The Balaban J connectivity index is 1.65. The summed E-state index contributed by atoms with van der Waals surface area (Å²) >= 11 is 3.37. The molecule has 0 spiro atoms. The largest absolute Gasteiger partial charge is 0.381 e. The fraction of sp³-hybridized carbons (Fsp3) is 0.889. The lowest BCUT2D eigenvalue weighted by Crippen LogP contribution is -2.36. The first kappa shape index (κ1) is 11.6. The molecule has 0 aromatic rings. The molecule has 4 nitrogen and oxygen atoms in total. The van der Waals surface area contributed by atoms with Gasteiger partial charge in [0.15, 0.2) is 0 Å². The van der Waals surface area contributed by atoms with Crippen LogP contribution in [0, 0.1) is 0 Å². The predicted molar refractivity (Wildman–Crippen MR) is 61.8 cm³/mol. The van der Waals surface area contributed by atoms with Gasteiger partial charge in [0, 0.05) is 24.7 Å². The minimum absolute atomic E-state index is 0.00556. The van der Waals surface area contributed by atoms with Crippen molar-refractivity contribution >= 4 is 29.4 Å². The number of nitrogens with one attached hydrogen (secondary N) is 1. The molecule has 0 aliphatic carbocycles. The Morgan fingerprint density at radius 2 is 1.93 bits per heavy atom.